The first kappa shape index (κ1) is 21.2. The van der Waals surface area contributed by atoms with Crippen molar-refractivity contribution in [2.24, 2.45) is 0 Å². The number of piperazine rings is 1. The number of hydrogen-bond donors (Lipinski definition) is 2. The molecule has 0 radical (unpaired) electrons. The molecule has 2 aliphatic rings. The van der Waals surface area contributed by atoms with Gasteiger partial charge in [-0.25, -0.2) is 4.79 Å². The van der Waals surface area contributed by atoms with Crippen LogP contribution in [0.3, 0.4) is 0 Å². The van der Waals surface area contributed by atoms with E-state index in [9.17, 15) is 9.59 Å². The van der Waals surface area contributed by atoms with Crippen LogP contribution in [0.1, 0.15) is 31.9 Å². The van der Waals surface area contributed by atoms with Crippen molar-refractivity contribution >= 4 is 12.0 Å². The SMILES string of the molecule is CCOC(=O)N1CC[NH+](CC(=O)NCc2cc3c(cc2OCC)C[C@@H](C)O3)CC1. The Balaban J connectivity index is 1.50. The topological polar surface area (TPSA) is 81.5 Å². The molecule has 1 saturated heterocycles. The summed E-state index contributed by atoms with van der Waals surface area (Å²) in [5.74, 6) is 1.67. The van der Waals surface area contributed by atoms with Crippen LogP contribution in [0.5, 0.6) is 11.5 Å². The van der Waals surface area contributed by atoms with Gasteiger partial charge in [-0.15, -0.1) is 0 Å². The molecular formula is C21H32N3O5+. The van der Waals surface area contributed by atoms with E-state index in [2.05, 4.69) is 5.32 Å². The Kier molecular flexibility index (Phi) is 7.19. The third-order valence-corrected chi connectivity index (χ3v) is 5.26. The van der Waals surface area contributed by atoms with E-state index in [-0.39, 0.29) is 18.1 Å². The van der Waals surface area contributed by atoms with Crippen molar-refractivity contribution in [3.05, 3.63) is 23.3 Å². The van der Waals surface area contributed by atoms with Gasteiger partial charge < -0.3 is 24.4 Å². The minimum absolute atomic E-state index is 0.0122. The molecule has 29 heavy (non-hydrogen) atoms. The minimum atomic E-state index is -0.271. The summed E-state index contributed by atoms with van der Waals surface area (Å²) >= 11 is 0. The molecule has 1 aromatic carbocycles. The van der Waals surface area contributed by atoms with Crippen LogP contribution < -0.4 is 19.7 Å². The predicted molar refractivity (Wildman–Crippen MR) is 107 cm³/mol. The molecule has 0 aliphatic carbocycles. The van der Waals surface area contributed by atoms with Gasteiger partial charge >= 0.3 is 6.09 Å². The second-order valence-corrected chi connectivity index (χ2v) is 7.52. The Morgan fingerprint density at radius 3 is 2.69 bits per heavy atom. The lowest BCUT2D eigenvalue weighted by Crippen LogP contribution is -3.15. The molecule has 1 fully saturated rings. The van der Waals surface area contributed by atoms with Crippen LogP contribution in [-0.2, 0) is 22.5 Å². The second-order valence-electron chi connectivity index (χ2n) is 7.52. The number of quaternary nitrogens is 1. The fourth-order valence-corrected chi connectivity index (χ4v) is 3.79. The van der Waals surface area contributed by atoms with Crippen molar-refractivity contribution in [2.45, 2.75) is 39.8 Å². The zero-order valence-corrected chi connectivity index (χ0v) is 17.6. The van der Waals surface area contributed by atoms with Gasteiger partial charge in [0.25, 0.3) is 5.91 Å². The van der Waals surface area contributed by atoms with E-state index in [0.717, 1.165) is 42.1 Å². The van der Waals surface area contributed by atoms with E-state index in [4.69, 9.17) is 14.2 Å². The fraction of sp³-hybridized carbons (Fsp3) is 0.619. The average molecular weight is 407 g/mol. The first-order valence-corrected chi connectivity index (χ1v) is 10.5. The minimum Gasteiger partial charge on any atom is -0.494 e. The molecule has 2 amide bonds. The van der Waals surface area contributed by atoms with Crippen molar-refractivity contribution in [1.82, 2.24) is 10.2 Å². The van der Waals surface area contributed by atoms with Gasteiger partial charge in [0.2, 0.25) is 0 Å². The Morgan fingerprint density at radius 2 is 2.00 bits per heavy atom. The molecule has 0 bridgehead atoms. The van der Waals surface area contributed by atoms with Crippen molar-refractivity contribution in [3.8, 4) is 11.5 Å². The van der Waals surface area contributed by atoms with Crippen LogP contribution in [0, 0.1) is 0 Å². The molecule has 8 nitrogen and oxygen atoms in total. The monoisotopic (exact) mass is 406 g/mol. The van der Waals surface area contributed by atoms with Crippen LogP contribution >= 0.6 is 0 Å². The number of carbonyl (C=O) groups is 2. The molecule has 0 unspecified atom stereocenters. The highest BCUT2D eigenvalue weighted by Crippen LogP contribution is 2.35. The number of fused-ring (bicyclic) bond motifs is 1. The van der Waals surface area contributed by atoms with Crippen molar-refractivity contribution < 1.29 is 28.7 Å². The number of benzene rings is 1. The van der Waals surface area contributed by atoms with Gasteiger partial charge in [-0.3, -0.25) is 9.69 Å². The van der Waals surface area contributed by atoms with Crippen LogP contribution in [0.4, 0.5) is 4.79 Å². The number of amides is 2. The highest BCUT2D eigenvalue weighted by molar-refractivity contribution is 5.77. The Bertz CT molecular complexity index is 731. The summed E-state index contributed by atoms with van der Waals surface area (Å²) < 4.78 is 16.6. The smallest absolute Gasteiger partial charge is 0.410 e. The Labute approximate surface area is 172 Å². The van der Waals surface area contributed by atoms with Crippen molar-refractivity contribution in [3.63, 3.8) is 0 Å². The summed E-state index contributed by atoms with van der Waals surface area (Å²) in [4.78, 5) is 27.1. The highest BCUT2D eigenvalue weighted by Gasteiger charge is 2.26. The summed E-state index contributed by atoms with van der Waals surface area (Å²) in [6.45, 7) is 10.2. The number of nitrogens with one attached hydrogen (secondary N) is 2. The van der Waals surface area contributed by atoms with Crippen molar-refractivity contribution in [2.75, 3.05) is 45.9 Å². The predicted octanol–water partition coefficient (Wildman–Crippen LogP) is 0.382. The van der Waals surface area contributed by atoms with Gasteiger partial charge in [0, 0.05) is 24.1 Å². The van der Waals surface area contributed by atoms with Gasteiger partial charge in [-0.1, -0.05) is 0 Å². The van der Waals surface area contributed by atoms with Crippen LogP contribution in [0.15, 0.2) is 12.1 Å². The van der Waals surface area contributed by atoms with Gasteiger partial charge in [0.1, 0.15) is 17.6 Å². The highest BCUT2D eigenvalue weighted by atomic mass is 16.6. The van der Waals surface area contributed by atoms with Crippen LogP contribution in [-0.4, -0.2) is 68.9 Å². The molecular weight excluding hydrogens is 374 g/mol. The molecule has 0 aromatic heterocycles. The lowest BCUT2D eigenvalue weighted by Gasteiger charge is -2.31. The summed E-state index contributed by atoms with van der Waals surface area (Å²) in [6.07, 6.45) is 0.775. The van der Waals surface area contributed by atoms with Gasteiger partial charge in [-0.05, 0) is 32.9 Å². The zero-order chi connectivity index (χ0) is 20.8. The molecule has 160 valence electrons. The number of carbonyl (C=O) groups excluding carboxylic acids is 2. The number of hydrogen-bond acceptors (Lipinski definition) is 5. The second kappa shape index (κ2) is 9.82. The van der Waals surface area contributed by atoms with E-state index < -0.39 is 0 Å². The molecule has 2 heterocycles. The van der Waals surface area contributed by atoms with E-state index in [1.807, 2.05) is 26.0 Å². The van der Waals surface area contributed by atoms with Crippen molar-refractivity contribution in [1.29, 1.82) is 0 Å². The molecule has 3 rings (SSSR count). The zero-order valence-electron chi connectivity index (χ0n) is 17.6. The summed E-state index contributed by atoms with van der Waals surface area (Å²) in [5.41, 5.74) is 2.08. The van der Waals surface area contributed by atoms with Gasteiger partial charge in [-0.2, -0.15) is 0 Å². The largest absolute Gasteiger partial charge is 0.494 e. The Morgan fingerprint density at radius 1 is 1.24 bits per heavy atom. The molecule has 8 heteroatoms. The first-order chi connectivity index (χ1) is 14.0. The summed E-state index contributed by atoms with van der Waals surface area (Å²) in [7, 11) is 0. The normalized spacial score (nSPS) is 18.7. The Hall–Kier alpha value is -2.48. The van der Waals surface area contributed by atoms with Gasteiger partial charge in [0.05, 0.1) is 39.4 Å². The average Bonchev–Trinajstić information content (AvgIpc) is 3.06. The third kappa shape index (κ3) is 5.53. The maximum Gasteiger partial charge on any atom is 0.410 e. The van der Waals surface area contributed by atoms with Gasteiger partial charge in [0.15, 0.2) is 6.54 Å². The number of rotatable bonds is 7. The molecule has 2 aliphatic heterocycles. The number of nitrogens with zero attached hydrogens (tertiary/aromatic N) is 1. The quantitative estimate of drug-likeness (QED) is 0.684. The number of ether oxygens (including phenoxy) is 3. The standard InChI is InChI=1S/C21H31N3O5/c1-4-27-18-11-16-10-15(3)29-19(16)12-17(18)13-22-20(25)14-23-6-8-24(9-7-23)21(26)28-5-2/h11-12,15H,4-10,13-14H2,1-3H3,(H,22,25)/p+1/t15-/m1/s1. The third-order valence-electron chi connectivity index (χ3n) is 5.26. The van der Waals surface area contributed by atoms with E-state index >= 15 is 0 Å². The molecule has 0 saturated carbocycles. The van der Waals surface area contributed by atoms with E-state index in [0.29, 0.717) is 39.4 Å². The molecule has 2 N–H and O–H groups in total. The maximum absolute atomic E-state index is 12.4. The molecule has 1 aromatic rings. The first-order valence-electron chi connectivity index (χ1n) is 10.5. The fourth-order valence-electron chi connectivity index (χ4n) is 3.79. The molecule has 0 spiro atoms. The summed E-state index contributed by atoms with van der Waals surface area (Å²) in [5, 5.41) is 3.00. The maximum atomic E-state index is 12.4. The van der Waals surface area contributed by atoms with E-state index in [1.54, 1.807) is 11.8 Å². The van der Waals surface area contributed by atoms with Crippen LogP contribution in [0.25, 0.3) is 0 Å². The lowest BCUT2D eigenvalue weighted by atomic mass is 10.1. The van der Waals surface area contributed by atoms with E-state index in [1.165, 1.54) is 4.90 Å². The summed E-state index contributed by atoms with van der Waals surface area (Å²) in [6, 6.07) is 4.01. The lowest BCUT2D eigenvalue weighted by molar-refractivity contribution is -0.896. The van der Waals surface area contributed by atoms with Crippen LogP contribution in [0.2, 0.25) is 0 Å². The molecule has 1 atom stereocenters.